The molecular weight excluding hydrogens is 206 g/mol. The predicted octanol–water partition coefficient (Wildman–Crippen LogP) is 4.36. The van der Waals surface area contributed by atoms with Gasteiger partial charge in [-0.2, -0.15) is 0 Å². The fourth-order valence-electron chi connectivity index (χ4n) is 4.02. The van der Waals surface area contributed by atoms with Crippen LogP contribution < -0.4 is 5.73 Å². The number of hydrogen-bond acceptors (Lipinski definition) is 1. The Labute approximate surface area is 108 Å². The van der Waals surface area contributed by atoms with Gasteiger partial charge in [0.1, 0.15) is 0 Å². The number of hydrogen-bond donors (Lipinski definition) is 1. The molecule has 1 heteroatoms. The quantitative estimate of drug-likeness (QED) is 0.759. The lowest BCUT2D eigenvalue weighted by atomic mass is 9.67. The van der Waals surface area contributed by atoms with Crippen LogP contribution in [0.5, 0.6) is 0 Å². The monoisotopic (exact) mass is 237 g/mol. The molecule has 0 amide bonds. The zero-order chi connectivity index (χ0) is 12.5. The second-order valence-electron chi connectivity index (χ2n) is 7.61. The number of rotatable bonds is 2. The third-order valence-corrected chi connectivity index (χ3v) is 5.45. The summed E-state index contributed by atoms with van der Waals surface area (Å²) in [5.41, 5.74) is 7.15. The third kappa shape index (κ3) is 3.47. The molecule has 100 valence electrons. The van der Waals surface area contributed by atoms with Crippen molar-refractivity contribution in [3.8, 4) is 0 Å². The van der Waals surface area contributed by atoms with E-state index in [-0.39, 0.29) is 0 Å². The van der Waals surface area contributed by atoms with Crippen LogP contribution in [0.15, 0.2) is 0 Å². The highest BCUT2D eigenvalue weighted by Gasteiger charge is 2.34. The molecule has 2 fully saturated rings. The molecule has 0 saturated heterocycles. The normalized spacial score (nSPS) is 36.7. The smallest absolute Gasteiger partial charge is 0.00957 e. The highest BCUT2D eigenvalue weighted by atomic mass is 14.7. The van der Waals surface area contributed by atoms with Crippen molar-refractivity contribution in [2.75, 3.05) is 0 Å². The standard InChI is InChI=1S/C16H31N/c1-12-5-4-6-14(11-12)15(17)13-7-9-16(2,3)10-8-13/h12-15H,4-11,17H2,1-3H3. The Hall–Kier alpha value is -0.0400. The van der Waals surface area contributed by atoms with Crippen LogP contribution in [0.2, 0.25) is 0 Å². The Balaban J connectivity index is 1.85. The van der Waals surface area contributed by atoms with E-state index in [1.54, 1.807) is 0 Å². The van der Waals surface area contributed by atoms with Crippen molar-refractivity contribution in [1.29, 1.82) is 0 Å². The summed E-state index contributed by atoms with van der Waals surface area (Å²) in [7, 11) is 0. The van der Waals surface area contributed by atoms with Gasteiger partial charge in [-0.05, 0) is 61.7 Å². The summed E-state index contributed by atoms with van der Waals surface area (Å²) in [6.07, 6.45) is 11.1. The fraction of sp³-hybridized carbons (Fsp3) is 1.00. The zero-order valence-corrected chi connectivity index (χ0v) is 12.0. The summed E-state index contributed by atoms with van der Waals surface area (Å²) in [5, 5.41) is 0. The van der Waals surface area contributed by atoms with E-state index in [1.165, 1.54) is 51.4 Å². The van der Waals surface area contributed by atoms with Crippen LogP contribution >= 0.6 is 0 Å². The molecule has 3 unspecified atom stereocenters. The first-order valence-corrected chi connectivity index (χ1v) is 7.73. The van der Waals surface area contributed by atoms with E-state index >= 15 is 0 Å². The zero-order valence-electron chi connectivity index (χ0n) is 12.0. The van der Waals surface area contributed by atoms with Gasteiger partial charge in [0, 0.05) is 6.04 Å². The minimum Gasteiger partial charge on any atom is -0.327 e. The van der Waals surface area contributed by atoms with Gasteiger partial charge in [0.05, 0.1) is 0 Å². The SMILES string of the molecule is CC1CCCC(C(N)C2CCC(C)(C)CC2)C1. The third-order valence-electron chi connectivity index (χ3n) is 5.45. The maximum Gasteiger partial charge on any atom is 0.00957 e. The summed E-state index contributed by atoms with van der Waals surface area (Å²) in [6.45, 7) is 7.23. The molecule has 0 aromatic carbocycles. The van der Waals surface area contributed by atoms with Crippen LogP contribution in [0.25, 0.3) is 0 Å². The van der Waals surface area contributed by atoms with Gasteiger partial charge in [0.2, 0.25) is 0 Å². The lowest BCUT2D eigenvalue weighted by Gasteiger charge is -2.41. The summed E-state index contributed by atoms with van der Waals surface area (Å²) in [6, 6.07) is 0.494. The molecule has 0 heterocycles. The van der Waals surface area contributed by atoms with Gasteiger partial charge in [-0.1, -0.05) is 33.6 Å². The van der Waals surface area contributed by atoms with Gasteiger partial charge in [0.25, 0.3) is 0 Å². The first-order chi connectivity index (χ1) is 7.98. The fourth-order valence-corrected chi connectivity index (χ4v) is 4.02. The molecule has 0 aromatic heterocycles. The molecule has 2 rings (SSSR count). The topological polar surface area (TPSA) is 26.0 Å². The molecule has 0 aromatic rings. The minimum absolute atomic E-state index is 0.494. The average molecular weight is 237 g/mol. The highest BCUT2D eigenvalue weighted by molar-refractivity contribution is 4.88. The Morgan fingerprint density at radius 2 is 1.65 bits per heavy atom. The number of nitrogens with two attached hydrogens (primary N) is 1. The molecule has 2 aliphatic carbocycles. The Kier molecular flexibility index (Phi) is 4.18. The molecule has 0 spiro atoms. The van der Waals surface area contributed by atoms with Crippen molar-refractivity contribution in [1.82, 2.24) is 0 Å². The molecule has 2 N–H and O–H groups in total. The van der Waals surface area contributed by atoms with Gasteiger partial charge >= 0.3 is 0 Å². The van der Waals surface area contributed by atoms with E-state index in [9.17, 15) is 0 Å². The van der Waals surface area contributed by atoms with Crippen molar-refractivity contribution in [2.45, 2.75) is 78.2 Å². The molecule has 3 atom stereocenters. The molecule has 0 bridgehead atoms. The Morgan fingerprint density at radius 1 is 1.00 bits per heavy atom. The Morgan fingerprint density at radius 3 is 2.24 bits per heavy atom. The van der Waals surface area contributed by atoms with Gasteiger partial charge in [-0.15, -0.1) is 0 Å². The molecular formula is C16H31N. The summed E-state index contributed by atoms with van der Waals surface area (Å²) in [5.74, 6) is 2.56. The van der Waals surface area contributed by atoms with E-state index in [1.807, 2.05) is 0 Å². The van der Waals surface area contributed by atoms with E-state index in [4.69, 9.17) is 5.73 Å². The molecule has 17 heavy (non-hydrogen) atoms. The maximum absolute atomic E-state index is 6.57. The van der Waals surface area contributed by atoms with Crippen LogP contribution in [0.4, 0.5) is 0 Å². The molecule has 0 radical (unpaired) electrons. The van der Waals surface area contributed by atoms with Gasteiger partial charge in [0.15, 0.2) is 0 Å². The largest absolute Gasteiger partial charge is 0.327 e. The van der Waals surface area contributed by atoms with E-state index in [0.717, 1.165) is 17.8 Å². The van der Waals surface area contributed by atoms with Crippen molar-refractivity contribution in [3.05, 3.63) is 0 Å². The van der Waals surface area contributed by atoms with Gasteiger partial charge in [-0.3, -0.25) is 0 Å². The second kappa shape index (κ2) is 5.30. The van der Waals surface area contributed by atoms with Crippen LogP contribution in [0.3, 0.4) is 0 Å². The highest BCUT2D eigenvalue weighted by Crippen LogP contribution is 2.42. The average Bonchev–Trinajstić information content (AvgIpc) is 2.28. The maximum atomic E-state index is 6.57. The van der Waals surface area contributed by atoms with Crippen LogP contribution in [0.1, 0.15) is 72.1 Å². The van der Waals surface area contributed by atoms with E-state index in [2.05, 4.69) is 20.8 Å². The van der Waals surface area contributed by atoms with Crippen molar-refractivity contribution in [2.24, 2.45) is 28.9 Å². The summed E-state index contributed by atoms with van der Waals surface area (Å²) >= 11 is 0. The summed E-state index contributed by atoms with van der Waals surface area (Å²) in [4.78, 5) is 0. The lowest BCUT2D eigenvalue weighted by Crippen LogP contribution is -2.42. The van der Waals surface area contributed by atoms with E-state index in [0.29, 0.717) is 11.5 Å². The Bertz CT molecular complexity index is 236. The van der Waals surface area contributed by atoms with Crippen molar-refractivity contribution >= 4 is 0 Å². The lowest BCUT2D eigenvalue weighted by molar-refractivity contribution is 0.130. The van der Waals surface area contributed by atoms with Crippen LogP contribution in [-0.4, -0.2) is 6.04 Å². The second-order valence-corrected chi connectivity index (χ2v) is 7.61. The molecule has 2 saturated carbocycles. The van der Waals surface area contributed by atoms with Gasteiger partial charge in [-0.25, -0.2) is 0 Å². The van der Waals surface area contributed by atoms with Crippen molar-refractivity contribution < 1.29 is 0 Å². The first-order valence-electron chi connectivity index (χ1n) is 7.73. The first kappa shape index (κ1) is 13.4. The molecule has 1 nitrogen and oxygen atoms in total. The predicted molar refractivity (Wildman–Crippen MR) is 74.8 cm³/mol. The van der Waals surface area contributed by atoms with Crippen LogP contribution in [0, 0.1) is 23.2 Å². The van der Waals surface area contributed by atoms with Crippen molar-refractivity contribution in [3.63, 3.8) is 0 Å². The van der Waals surface area contributed by atoms with Crippen LogP contribution in [-0.2, 0) is 0 Å². The van der Waals surface area contributed by atoms with E-state index < -0.39 is 0 Å². The molecule has 0 aliphatic heterocycles. The molecule has 2 aliphatic rings. The minimum atomic E-state index is 0.494. The summed E-state index contributed by atoms with van der Waals surface area (Å²) < 4.78 is 0. The van der Waals surface area contributed by atoms with Gasteiger partial charge < -0.3 is 5.73 Å².